The lowest BCUT2D eigenvalue weighted by molar-refractivity contribution is -0.111. The van der Waals surface area contributed by atoms with Gasteiger partial charge in [0, 0.05) is 22.9 Å². The molecule has 0 saturated heterocycles. The molecule has 0 fully saturated rings. The zero-order valence-corrected chi connectivity index (χ0v) is 16.5. The maximum Gasteiger partial charge on any atom is 0.248 e. The Morgan fingerprint density at radius 3 is 2.48 bits per heavy atom. The van der Waals surface area contributed by atoms with Crippen molar-refractivity contribution < 1.29 is 14.0 Å². The van der Waals surface area contributed by atoms with Crippen molar-refractivity contribution in [3.05, 3.63) is 81.9 Å². The molecule has 2 aromatic carbocycles. The van der Waals surface area contributed by atoms with Gasteiger partial charge in [-0.05, 0) is 68.0 Å². The number of anilines is 1. The van der Waals surface area contributed by atoms with Crippen molar-refractivity contribution in [1.82, 2.24) is 9.78 Å². The number of benzene rings is 2. The van der Waals surface area contributed by atoms with E-state index >= 15 is 0 Å². The van der Waals surface area contributed by atoms with Crippen LogP contribution in [0.1, 0.15) is 27.2 Å². The predicted octanol–water partition coefficient (Wildman–Crippen LogP) is 4.03. The highest BCUT2D eigenvalue weighted by molar-refractivity contribution is 6.31. The van der Waals surface area contributed by atoms with Gasteiger partial charge in [0.15, 0.2) is 0 Å². The van der Waals surface area contributed by atoms with E-state index in [2.05, 4.69) is 10.4 Å². The number of nitrogens with two attached hydrogens (primary N) is 1. The molecular weight excluding hydrogens is 395 g/mol. The summed E-state index contributed by atoms with van der Waals surface area (Å²) in [5.74, 6) is -1.26. The normalized spacial score (nSPS) is 11.0. The maximum absolute atomic E-state index is 13.1. The van der Waals surface area contributed by atoms with Crippen LogP contribution in [0.15, 0.2) is 48.5 Å². The number of hydrogen-bond donors (Lipinski definition) is 2. The fourth-order valence-electron chi connectivity index (χ4n) is 2.74. The van der Waals surface area contributed by atoms with Gasteiger partial charge in [-0.25, -0.2) is 9.07 Å². The number of hydrogen-bond acceptors (Lipinski definition) is 3. The number of nitrogens with one attached hydrogen (secondary N) is 1. The van der Waals surface area contributed by atoms with E-state index in [1.165, 1.54) is 22.9 Å². The first-order valence-electron chi connectivity index (χ1n) is 8.67. The van der Waals surface area contributed by atoms with E-state index in [0.717, 1.165) is 0 Å². The molecule has 0 aliphatic heterocycles. The molecule has 0 aliphatic rings. The SMILES string of the molecule is Cc1cc(C(N)=O)ccc1NC(=O)/C=C/c1c(C)nn(-c2ccc(F)cc2)c1Cl. The van der Waals surface area contributed by atoms with Gasteiger partial charge >= 0.3 is 0 Å². The van der Waals surface area contributed by atoms with Crippen molar-refractivity contribution in [1.29, 1.82) is 0 Å². The van der Waals surface area contributed by atoms with Crippen LogP contribution in [0.3, 0.4) is 0 Å². The maximum atomic E-state index is 13.1. The summed E-state index contributed by atoms with van der Waals surface area (Å²) < 4.78 is 14.6. The zero-order valence-electron chi connectivity index (χ0n) is 15.7. The number of nitrogens with zero attached hydrogens (tertiary/aromatic N) is 2. The summed E-state index contributed by atoms with van der Waals surface area (Å²) >= 11 is 6.40. The minimum atomic E-state index is -0.533. The van der Waals surface area contributed by atoms with Gasteiger partial charge in [-0.3, -0.25) is 9.59 Å². The fraction of sp³-hybridized carbons (Fsp3) is 0.0952. The van der Waals surface area contributed by atoms with Crippen molar-refractivity contribution in [2.75, 3.05) is 5.32 Å². The van der Waals surface area contributed by atoms with Crippen molar-refractivity contribution >= 4 is 35.2 Å². The smallest absolute Gasteiger partial charge is 0.248 e. The first-order chi connectivity index (χ1) is 13.8. The van der Waals surface area contributed by atoms with Crippen LogP contribution in [0.25, 0.3) is 11.8 Å². The van der Waals surface area contributed by atoms with Crippen molar-refractivity contribution in [3.8, 4) is 5.69 Å². The fourth-order valence-corrected chi connectivity index (χ4v) is 3.08. The molecule has 0 radical (unpaired) electrons. The number of primary amides is 1. The summed E-state index contributed by atoms with van der Waals surface area (Å²) in [6.45, 7) is 3.52. The van der Waals surface area contributed by atoms with Crippen LogP contribution in [0.2, 0.25) is 5.15 Å². The molecule has 3 rings (SSSR count). The highest BCUT2D eigenvalue weighted by Crippen LogP contribution is 2.25. The molecule has 1 aromatic heterocycles. The number of aryl methyl sites for hydroxylation is 2. The first-order valence-corrected chi connectivity index (χ1v) is 9.04. The Labute approximate surface area is 171 Å². The zero-order chi connectivity index (χ0) is 21.1. The molecule has 6 nitrogen and oxygen atoms in total. The lowest BCUT2D eigenvalue weighted by Gasteiger charge is -2.07. The quantitative estimate of drug-likeness (QED) is 0.620. The van der Waals surface area contributed by atoms with E-state index in [-0.39, 0.29) is 11.7 Å². The van der Waals surface area contributed by atoms with Gasteiger partial charge in [0.05, 0.1) is 11.4 Å². The average molecular weight is 413 g/mol. The van der Waals surface area contributed by atoms with Crippen LogP contribution in [0.5, 0.6) is 0 Å². The molecular formula is C21H18ClFN4O2. The average Bonchev–Trinajstić information content (AvgIpc) is 2.96. The predicted molar refractivity (Wildman–Crippen MR) is 111 cm³/mol. The molecule has 0 spiro atoms. The number of amides is 2. The highest BCUT2D eigenvalue weighted by atomic mass is 35.5. The minimum absolute atomic E-state index is 0.306. The summed E-state index contributed by atoms with van der Waals surface area (Å²) in [7, 11) is 0. The van der Waals surface area contributed by atoms with Crippen LogP contribution >= 0.6 is 11.6 Å². The Kier molecular flexibility index (Phi) is 5.79. The van der Waals surface area contributed by atoms with Gasteiger partial charge in [-0.15, -0.1) is 0 Å². The van der Waals surface area contributed by atoms with E-state index in [1.807, 2.05) is 0 Å². The molecule has 0 unspecified atom stereocenters. The van der Waals surface area contributed by atoms with Gasteiger partial charge in [-0.1, -0.05) is 11.6 Å². The van der Waals surface area contributed by atoms with Crippen LogP contribution in [-0.4, -0.2) is 21.6 Å². The van der Waals surface area contributed by atoms with Gasteiger partial charge in [0.25, 0.3) is 0 Å². The van der Waals surface area contributed by atoms with Gasteiger partial charge < -0.3 is 11.1 Å². The Balaban J connectivity index is 1.78. The third-order valence-electron chi connectivity index (χ3n) is 4.29. The summed E-state index contributed by atoms with van der Waals surface area (Å²) in [5.41, 5.74) is 8.69. The van der Waals surface area contributed by atoms with E-state index in [1.54, 1.807) is 50.3 Å². The molecule has 8 heteroatoms. The number of carbonyl (C=O) groups is 2. The molecule has 0 atom stereocenters. The van der Waals surface area contributed by atoms with Crippen LogP contribution in [0, 0.1) is 19.7 Å². The molecule has 3 N–H and O–H groups in total. The number of halogens is 2. The van der Waals surface area contributed by atoms with Crippen LogP contribution in [0.4, 0.5) is 10.1 Å². The minimum Gasteiger partial charge on any atom is -0.366 e. The van der Waals surface area contributed by atoms with E-state index < -0.39 is 5.91 Å². The molecule has 0 saturated carbocycles. The summed E-state index contributed by atoms with van der Waals surface area (Å²) in [6.07, 6.45) is 2.90. The molecule has 2 amide bonds. The first kappa shape index (κ1) is 20.3. The lowest BCUT2D eigenvalue weighted by Crippen LogP contribution is -2.13. The van der Waals surface area contributed by atoms with Gasteiger partial charge in [0.2, 0.25) is 11.8 Å². The third kappa shape index (κ3) is 4.52. The Morgan fingerprint density at radius 1 is 1.17 bits per heavy atom. The lowest BCUT2D eigenvalue weighted by atomic mass is 10.1. The molecule has 0 aliphatic carbocycles. The summed E-state index contributed by atoms with van der Waals surface area (Å²) in [4.78, 5) is 23.5. The van der Waals surface area contributed by atoms with E-state index in [4.69, 9.17) is 17.3 Å². The van der Waals surface area contributed by atoms with E-state index in [0.29, 0.717) is 38.9 Å². The van der Waals surface area contributed by atoms with Gasteiger partial charge in [-0.2, -0.15) is 5.10 Å². The second-order valence-corrected chi connectivity index (χ2v) is 6.75. The summed E-state index contributed by atoms with van der Waals surface area (Å²) in [5, 5.41) is 7.39. The highest BCUT2D eigenvalue weighted by Gasteiger charge is 2.13. The third-order valence-corrected chi connectivity index (χ3v) is 4.65. The van der Waals surface area contributed by atoms with Crippen LogP contribution < -0.4 is 11.1 Å². The number of aromatic nitrogens is 2. The molecule has 148 valence electrons. The van der Waals surface area contributed by atoms with Crippen molar-refractivity contribution in [2.45, 2.75) is 13.8 Å². The topological polar surface area (TPSA) is 90.0 Å². The number of rotatable bonds is 5. The van der Waals surface area contributed by atoms with Crippen molar-refractivity contribution in [2.24, 2.45) is 5.73 Å². The largest absolute Gasteiger partial charge is 0.366 e. The molecule has 1 heterocycles. The Hall–Kier alpha value is -3.45. The molecule has 29 heavy (non-hydrogen) atoms. The standard InChI is InChI=1S/C21H18ClFN4O2/c1-12-11-14(21(24)29)3-9-18(12)25-19(28)10-8-17-13(2)26-27(20(17)22)16-6-4-15(23)5-7-16/h3-11H,1-2H3,(H2,24,29)(H,25,28)/b10-8+. The van der Waals surface area contributed by atoms with Crippen molar-refractivity contribution in [3.63, 3.8) is 0 Å². The molecule has 3 aromatic rings. The second kappa shape index (κ2) is 8.28. The Morgan fingerprint density at radius 2 is 1.86 bits per heavy atom. The molecule has 0 bridgehead atoms. The van der Waals surface area contributed by atoms with E-state index in [9.17, 15) is 14.0 Å². The van der Waals surface area contributed by atoms with Crippen LogP contribution in [-0.2, 0) is 4.79 Å². The number of carbonyl (C=O) groups excluding carboxylic acids is 2. The Bertz CT molecular complexity index is 1120. The monoisotopic (exact) mass is 412 g/mol. The summed E-state index contributed by atoms with van der Waals surface area (Å²) in [6, 6.07) is 10.5. The second-order valence-electron chi connectivity index (χ2n) is 6.39. The van der Waals surface area contributed by atoms with Gasteiger partial charge in [0.1, 0.15) is 11.0 Å².